The third-order valence-electron chi connectivity index (χ3n) is 8.86. The first-order valence-electron chi connectivity index (χ1n) is 12.6. The van der Waals surface area contributed by atoms with E-state index in [2.05, 4.69) is 9.97 Å². The lowest BCUT2D eigenvalue weighted by Gasteiger charge is -2.36. The first-order chi connectivity index (χ1) is 17.9. The molecule has 2 aliphatic carbocycles. The summed E-state index contributed by atoms with van der Waals surface area (Å²) < 4.78 is 54.1. The summed E-state index contributed by atoms with van der Waals surface area (Å²) in [7, 11) is -2.93. The molecule has 2 fully saturated rings. The Kier molecular flexibility index (Phi) is 6.45. The number of Topliss-reactive ketones (excluding diaryl/α,β-unsaturated/α-hetero) is 1. The number of hydrogen-bond acceptors (Lipinski definition) is 8. The Balaban J connectivity index is 1.62. The van der Waals surface area contributed by atoms with Gasteiger partial charge in [-0.15, -0.1) is 0 Å². The molecule has 0 N–H and O–H groups in total. The molecule has 9 nitrogen and oxygen atoms in total. The number of rotatable bonds is 8. The average Bonchev–Trinajstić information content (AvgIpc) is 3.42. The predicted molar refractivity (Wildman–Crippen MR) is 144 cm³/mol. The zero-order valence-electron chi connectivity index (χ0n) is 22.5. The van der Waals surface area contributed by atoms with Crippen LogP contribution in [0, 0.1) is 30.6 Å². The predicted octanol–water partition coefficient (Wildman–Crippen LogP) is 3.95. The zero-order valence-corrected chi connectivity index (χ0v) is 24.2. The second kappa shape index (κ2) is 9.15. The topological polar surface area (TPSA) is 117 Å². The summed E-state index contributed by atoms with van der Waals surface area (Å²) in [4.78, 5) is 22.1. The maximum Gasteiger partial charge on any atom is 0.242 e. The van der Waals surface area contributed by atoms with Crippen LogP contribution < -0.4 is 9.47 Å². The maximum absolute atomic E-state index is 14.2. The molecule has 3 atom stereocenters. The number of benzene rings is 1. The first-order valence-corrected chi connectivity index (χ1v) is 15.5. The molecule has 5 rings (SSSR count). The summed E-state index contributed by atoms with van der Waals surface area (Å²) >= 11 is 0. The molecular weight excluding hydrogens is 526 g/mol. The molecule has 0 radical (unpaired) electrons. The van der Waals surface area contributed by atoms with Crippen LogP contribution in [0.2, 0.25) is 0 Å². The van der Waals surface area contributed by atoms with Crippen molar-refractivity contribution < 1.29 is 26.9 Å². The van der Waals surface area contributed by atoms with E-state index in [9.17, 15) is 17.4 Å². The highest BCUT2D eigenvalue weighted by Crippen LogP contribution is 2.64. The number of nitrogens with zero attached hydrogens (tertiary/aromatic N) is 3. The fourth-order valence-corrected chi connectivity index (χ4v) is 10.3. The summed E-state index contributed by atoms with van der Waals surface area (Å²) in [5, 5.41) is -0.0943. The van der Waals surface area contributed by atoms with Gasteiger partial charge in [-0.1, -0.05) is 13.8 Å². The molecule has 3 aromatic rings. The Bertz CT molecular complexity index is 1590. The second-order valence-corrected chi connectivity index (χ2v) is 14.1. The number of pyridine rings is 1. The summed E-state index contributed by atoms with van der Waals surface area (Å²) in [6.45, 7) is 7.71. The Hall–Kier alpha value is -2.79. The Labute approximate surface area is 225 Å². The van der Waals surface area contributed by atoms with E-state index in [0.717, 1.165) is 21.5 Å². The van der Waals surface area contributed by atoms with Crippen molar-refractivity contribution in [2.45, 2.75) is 57.9 Å². The summed E-state index contributed by atoms with van der Waals surface area (Å²) in [6.07, 6.45) is 3.42. The van der Waals surface area contributed by atoms with Gasteiger partial charge in [-0.3, -0.25) is 14.0 Å². The highest BCUT2D eigenvalue weighted by Gasteiger charge is 2.65. The van der Waals surface area contributed by atoms with Crippen molar-refractivity contribution in [3.05, 3.63) is 41.2 Å². The van der Waals surface area contributed by atoms with Crippen molar-refractivity contribution in [1.29, 1.82) is 0 Å². The van der Waals surface area contributed by atoms with Gasteiger partial charge in [0, 0.05) is 29.8 Å². The number of fused-ring (bicyclic) bond motifs is 3. The number of hydrogen-bond donors (Lipinski definition) is 0. The lowest BCUT2D eigenvalue weighted by Crippen LogP contribution is -2.43. The van der Waals surface area contributed by atoms with Crippen molar-refractivity contribution in [2.75, 3.05) is 20.0 Å². The van der Waals surface area contributed by atoms with Crippen molar-refractivity contribution in [1.82, 2.24) is 13.9 Å². The van der Waals surface area contributed by atoms with Crippen molar-refractivity contribution in [3.8, 4) is 11.5 Å². The van der Waals surface area contributed by atoms with E-state index in [-0.39, 0.29) is 28.4 Å². The Morgan fingerprint density at radius 3 is 2.53 bits per heavy atom. The van der Waals surface area contributed by atoms with Crippen LogP contribution in [0.25, 0.3) is 11.0 Å². The number of imidazole rings is 1. The highest BCUT2D eigenvalue weighted by atomic mass is 32.2. The lowest BCUT2D eigenvalue weighted by atomic mass is 9.70. The molecule has 0 unspecified atom stereocenters. The van der Waals surface area contributed by atoms with Crippen molar-refractivity contribution >= 4 is 37.6 Å². The lowest BCUT2D eigenvalue weighted by molar-refractivity contribution is -0.128. The van der Waals surface area contributed by atoms with Gasteiger partial charge in [0.15, 0.2) is 0 Å². The van der Waals surface area contributed by atoms with Gasteiger partial charge < -0.3 is 9.47 Å². The molecule has 2 bridgehead atoms. The van der Waals surface area contributed by atoms with E-state index < -0.39 is 31.7 Å². The van der Waals surface area contributed by atoms with Gasteiger partial charge in [0.2, 0.25) is 15.2 Å². The number of methoxy groups -OCH3 is 2. The monoisotopic (exact) mass is 559 g/mol. The molecule has 204 valence electrons. The minimum Gasteiger partial charge on any atom is -0.497 e. The largest absolute Gasteiger partial charge is 0.497 e. The van der Waals surface area contributed by atoms with Gasteiger partial charge in [0.25, 0.3) is 0 Å². The molecule has 0 aliphatic heterocycles. The fourth-order valence-electron chi connectivity index (χ4n) is 6.44. The van der Waals surface area contributed by atoms with Gasteiger partial charge in [-0.2, -0.15) is 0 Å². The van der Waals surface area contributed by atoms with Crippen LogP contribution in [0.5, 0.6) is 11.5 Å². The molecule has 2 aromatic heterocycles. The van der Waals surface area contributed by atoms with Gasteiger partial charge in [-0.05, 0) is 50.2 Å². The number of ether oxygens (including phenoxy) is 2. The quantitative estimate of drug-likeness (QED) is 0.407. The van der Waals surface area contributed by atoms with Gasteiger partial charge in [0.05, 0.1) is 58.7 Å². The van der Waals surface area contributed by atoms with Gasteiger partial charge >= 0.3 is 0 Å². The Morgan fingerprint density at radius 1 is 1.18 bits per heavy atom. The average molecular weight is 560 g/mol. The smallest absolute Gasteiger partial charge is 0.242 e. The molecule has 0 spiro atoms. The third-order valence-corrected chi connectivity index (χ3v) is 12.0. The summed E-state index contributed by atoms with van der Waals surface area (Å²) in [5.74, 6) is 0.933. The molecular formula is C27H33N3O6S2. The number of aromatic nitrogens is 3. The molecule has 0 amide bonds. The third kappa shape index (κ3) is 3.88. The molecule has 38 heavy (non-hydrogen) atoms. The minimum absolute atomic E-state index is 0.00247. The van der Waals surface area contributed by atoms with E-state index in [1.165, 1.54) is 7.11 Å². The van der Waals surface area contributed by atoms with E-state index in [1.54, 1.807) is 31.5 Å². The number of carbonyl (C=O) groups is 1. The van der Waals surface area contributed by atoms with Crippen LogP contribution in [-0.4, -0.2) is 52.3 Å². The minimum atomic E-state index is -4.14. The maximum atomic E-state index is 14.2. The van der Waals surface area contributed by atoms with E-state index in [4.69, 9.17) is 9.47 Å². The molecule has 2 saturated carbocycles. The SMILES string of the molecule is COc1ccc2c(c1)nc([S@@](=O)Cc1ncc(C)c(OC)c1C)n2S(=O)(=O)C[C@]12CC[C@H](CC1=O)C2(C)C. The van der Waals surface area contributed by atoms with E-state index in [1.807, 2.05) is 27.7 Å². The second-order valence-electron chi connectivity index (χ2n) is 11.0. The van der Waals surface area contributed by atoms with Gasteiger partial charge in [-0.25, -0.2) is 17.4 Å². The summed E-state index contributed by atoms with van der Waals surface area (Å²) in [6, 6.07) is 4.87. The van der Waals surface area contributed by atoms with Crippen LogP contribution in [0.4, 0.5) is 0 Å². The van der Waals surface area contributed by atoms with Crippen LogP contribution in [0.15, 0.2) is 29.6 Å². The molecule has 2 heterocycles. The van der Waals surface area contributed by atoms with Crippen LogP contribution in [0.3, 0.4) is 0 Å². The molecule has 1 aromatic carbocycles. The Morgan fingerprint density at radius 2 is 1.92 bits per heavy atom. The first kappa shape index (κ1) is 26.8. The number of ketones is 1. The van der Waals surface area contributed by atoms with Gasteiger partial charge in [0.1, 0.15) is 17.3 Å². The van der Waals surface area contributed by atoms with E-state index >= 15 is 0 Å². The van der Waals surface area contributed by atoms with Crippen molar-refractivity contribution in [3.63, 3.8) is 0 Å². The fraction of sp³-hybridized carbons (Fsp3) is 0.519. The molecule has 0 saturated heterocycles. The zero-order chi connectivity index (χ0) is 27.6. The van der Waals surface area contributed by atoms with E-state index in [0.29, 0.717) is 41.1 Å². The molecule has 2 aliphatic rings. The van der Waals surface area contributed by atoms with Crippen LogP contribution in [0.1, 0.15) is 49.9 Å². The summed E-state index contributed by atoms with van der Waals surface area (Å²) in [5.41, 5.74) is 1.36. The van der Waals surface area contributed by atoms with Crippen LogP contribution in [-0.2, 0) is 31.4 Å². The highest BCUT2D eigenvalue weighted by molar-refractivity contribution is 7.91. The van der Waals surface area contributed by atoms with Crippen molar-refractivity contribution in [2.24, 2.45) is 16.7 Å². The van der Waals surface area contributed by atoms with Crippen LogP contribution >= 0.6 is 0 Å². The number of carbonyl (C=O) groups excluding carboxylic acids is 1. The molecule has 11 heteroatoms. The standard InChI is InChI=1S/C27H33N3O6S2/c1-16-13-28-21(17(2)24(16)36-6)14-37(32)25-29-20-12-19(35-5)7-8-22(20)30(25)38(33,34)15-27-10-9-18(11-23(27)31)26(27,3)4/h7-8,12-13,18H,9-11,14-15H2,1-6H3/t18-,27-,37+/m1/s1. The number of aryl methyl sites for hydroxylation is 1. The normalized spacial score (nSPS) is 23.2.